The third kappa shape index (κ3) is 3.77. The fraction of sp³-hybridized carbons (Fsp3) is 0.412. The second kappa shape index (κ2) is 6.67. The molecule has 128 valence electrons. The van der Waals surface area contributed by atoms with E-state index in [2.05, 4.69) is 10.4 Å². The van der Waals surface area contributed by atoms with Crippen LogP contribution in [0.3, 0.4) is 0 Å². The summed E-state index contributed by atoms with van der Waals surface area (Å²) >= 11 is 0. The zero-order chi connectivity index (χ0) is 17.2. The second-order valence-electron chi connectivity index (χ2n) is 6.08. The Bertz CT molecular complexity index is 697. The van der Waals surface area contributed by atoms with Crippen LogP contribution < -0.4 is 5.32 Å². The zero-order valence-electron chi connectivity index (χ0n) is 13.0. The molecule has 4 nitrogen and oxygen atoms in total. The van der Waals surface area contributed by atoms with Crippen LogP contribution in [0.5, 0.6) is 0 Å². The number of halogens is 3. The van der Waals surface area contributed by atoms with Gasteiger partial charge in [-0.05, 0) is 31.4 Å². The standard InChI is InChI=1S/C17H18F3N3O/c18-17(19,20)13-5-4-6-14(9-13)22-16(24)12-10-21-23(11-12)15-7-2-1-3-8-15/h1-3,7-8,10-11,13-14H,4-6,9H2,(H,22,24). The molecule has 0 saturated heterocycles. The third-order valence-electron chi connectivity index (χ3n) is 4.34. The van der Waals surface area contributed by atoms with Gasteiger partial charge in [0, 0.05) is 12.2 Å². The molecule has 1 aliphatic rings. The summed E-state index contributed by atoms with van der Waals surface area (Å²) in [6.45, 7) is 0. The van der Waals surface area contributed by atoms with Crippen molar-refractivity contribution in [3.05, 3.63) is 48.3 Å². The van der Waals surface area contributed by atoms with Gasteiger partial charge < -0.3 is 5.32 Å². The maximum atomic E-state index is 12.8. The lowest BCUT2D eigenvalue weighted by Crippen LogP contribution is -2.41. The van der Waals surface area contributed by atoms with Gasteiger partial charge in [-0.1, -0.05) is 24.6 Å². The predicted octanol–water partition coefficient (Wildman–Crippen LogP) is 3.72. The van der Waals surface area contributed by atoms with E-state index in [1.165, 1.54) is 6.20 Å². The molecule has 3 rings (SSSR count). The maximum Gasteiger partial charge on any atom is 0.391 e. The van der Waals surface area contributed by atoms with Gasteiger partial charge in [-0.3, -0.25) is 4.79 Å². The van der Waals surface area contributed by atoms with Crippen LogP contribution in [-0.2, 0) is 0 Å². The van der Waals surface area contributed by atoms with Crippen molar-refractivity contribution in [2.24, 2.45) is 5.92 Å². The minimum atomic E-state index is -4.19. The first kappa shape index (κ1) is 16.5. The molecule has 0 radical (unpaired) electrons. The molecule has 0 spiro atoms. The first-order valence-electron chi connectivity index (χ1n) is 7.91. The molecule has 1 aromatic heterocycles. The summed E-state index contributed by atoms with van der Waals surface area (Å²) in [5.74, 6) is -1.71. The Balaban J connectivity index is 1.64. The lowest BCUT2D eigenvalue weighted by atomic mass is 9.85. The van der Waals surface area contributed by atoms with Crippen LogP contribution >= 0.6 is 0 Å². The largest absolute Gasteiger partial charge is 0.391 e. The number of hydrogen-bond acceptors (Lipinski definition) is 2. The van der Waals surface area contributed by atoms with Crippen molar-refractivity contribution >= 4 is 5.91 Å². The molecule has 2 atom stereocenters. The Morgan fingerprint density at radius 2 is 1.96 bits per heavy atom. The van der Waals surface area contributed by atoms with Gasteiger partial charge in [-0.25, -0.2) is 4.68 Å². The van der Waals surface area contributed by atoms with Crippen LogP contribution in [-0.4, -0.2) is 27.9 Å². The molecule has 2 unspecified atom stereocenters. The van der Waals surface area contributed by atoms with E-state index in [-0.39, 0.29) is 18.7 Å². The lowest BCUT2D eigenvalue weighted by Gasteiger charge is -2.30. The van der Waals surface area contributed by atoms with E-state index in [9.17, 15) is 18.0 Å². The second-order valence-corrected chi connectivity index (χ2v) is 6.08. The molecule has 2 aromatic rings. The molecule has 1 fully saturated rings. The van der Waals surface area contributed by atoms with Crippen molar-refractivity contribution in [1.82, 2.24) is 15.1 Å². The molecule has 1 amide bonds. The molecule has 0 bridgehead atoms. The summed E-state index contributed by atoms with van der Waals surface area (Å²) in [4.78, 5) is 12.3. The number of benzene rings is 1. The molecular formula is C17H18F3N3O. The zero-order valence-corrected chi connectivity index (χ0v) is 13.0. The summed E-state index contributed by atoms with van der Waals surface area (Å²) in [5, 5.41) is 6.84. The monoisotopic (exact) mass is 337 g/mol. The van der Waals surface area contributed by atoms with E-state index in [0.717, 1.165) is 5.69 Å². The van der Waals surface area contributed by atoms with Crippen LogP contribution in [0.1, 0.15) is 36.0 Å². The number of para-hydroxylation sites is 1. The van der Waals surface area contributed by atoms with E-state index in [1.807, 2.05) is 30.3 Å². The Kier molecular flexibility index (Phi) is 4.59. The van der Waals surface area contributed by atoms with Crippen molar-refractivity contribution in [1.29, 1.82) is 0 Å². The van der Waals surface area contributed by atoms with Crippen molar-refractivity contribution in [2.45, 2.75) is 37.9 Å². The van der Waals surface area contributed by atoms with E-state index < -0.39 is 18.1 Å². The summed E-state index contributed by atoms with van der Waals surface area (Å²) < 4.78 is 40.1. The number of carbonyl (C=O) groups excluding carboxylic acids is 1. The van der Waals surface area contributed by atoms with Gasteiger partial charge in [0.1, 0.15) is 0 Å². The quantitative estimate of drug-likeness (QED) is 0.928. The lowest BCUT2D eigenvalue weighted by molar-refractivity contribution is -0.183. The highest BCUT2D eigenvalue weighted by Crippen LogP contribution is 2.37. The van der Waals surface area contributed by atoms with Gasteiger partial charge in [0.2, 0.25) is 0 Å². The van der Waals surface area contributed by atoms with E-state index >= 15 is 0 Å². The highest BCUT2D eigenvalue weighted by Gasteiger charge is 2.42. The van der Waals surface area contributed by atoms with Crippen molar-refractivity contribution in [2.75, 3.05) is 0 Å². The normalized spacial score (nSPS) is 21.5. The van der Waals surface area contributed by atoms with Crippen molar-refractivity contribution < 1.29 is 18.0 Å². The molecule has 1 saturated carbocycles. The van der Waals surface area contributed by atoms with Crippen LogP contribution in [0.2, 0.25) is 0 Å². The summed E-state index contributed by atoms with van der Waals surface area (Å²) in [6.07, 6.45) is -0.0594. The van der Waals surface area contributed by atoms with Gasteiger partial charge in [-0.15, -0.1) is 0 Å². The topological polar surface area (TPSA) is 46.9 Å². The minimum absolute atomic E-state index is 0.0535. The SMILES string of the molecule is O=C(NC1CCCC(C(F)(F)F)C1)c1cnn(-c2ccccc2)c1. The summed E-state index contributed by atoms with van der Waals surface area (Å²) in [5.41, 5.74) is 1.15. The molecule has 1 N–H and O–H groups in total. The molecule has 24 heavy (non-hydrogen) atoms. The maximum absolute atomic E-state index is 12.8. The van der Waals surface area contributed by atoms with E-state index in [4.69, 9.17) is 0 Å². The molecule has 1 aromatic carbocycles. The van der Waals surface area contributed by atoms with Crippen LogP contribution in [0, 0.1) is 5.92 Å². The molecule has 1 aliphatic carbocycles. The Labute approximate surface area is 137 Å². The van der Waals surface area contributed by atoms with Gasteiger partial charge >= 0.3 is 6.18 Å². The average Bonchev–Trinajstić information content (AvgIpc) is 3.05. The van der Waals surface area contributed by atoms with Crippen LogP contribution in [0.25, 0.3) is 5.69 Å². The molecule has 7 heteroatoms. The number of nitrogens with one attached hydrogen (secondary N) is 1. The molecule has 1 heterocycles. The smallest absolute Gasteiger partial charge is 0.349 e. The Morgan fingerprint density at radius 1 is 1.21 bits per heavy atom. The predicted molar refractivity (Wildman–Crippen MR) is 82.8 cm³/mol. The van der Waals surface area contributed by atoms with Crippen LogP contribution in [0.4, 0.5) is 13.2 Å². The number of aromatic nitrogens is 2. The number of rotatable bonds is 3. The number of carbonyl (C=O) groups is 1. The Hall–Kier alpha value is -2.31. The van der Waals surface area contributed by atoms with Gasteiger partial charge in [-0.2, -0.15) is 18.3 Å². The summed E-state index contributed by atoms with van der Waals surface area (Å²) in [6, 6.07) is 8.85. The molecular weight excluding hydrogens is 319 g/mol. The highest BCUT2D eigenvalue weighted by atomic mass is 19.4. The number of alkyl halides is 3. The number of nitrogens with zero attached hydrogens (tertiary/aromatic N) is 2. The number of hydrogen-bond donors (Lipinski definition) is 1. The number of amides is 1. The highest BCUT2D eigenvalue weighted by molar-refractivity contribution is 5.94. The van der Waals surface area contributed by atoms with Crippen molar-refractivity contribution in [3.8, 4) is 5.69 Å². The fourth-order valence-corrected chi connectivity index (χ4v) is 3.05. The first-order chi connectivity index (χ1) is 11.4. The van der Waals surface area contributed by atoms with E-state index in [1.54, 1.807) is 10.9 Å². The summed E-state index contributed by atoms with van der Waals surface area (Å²) in [7, 11) is 0. The van der Waals surface area contributed by atoms with Gasteiger partial charge in [0.05, 0.1) is 23.4 Å². The Morgan fingerprint density at radius 3 is 2.67 bits per heavy atom. The van der Waals surface area contributed by atoms with Gasteiger partial charge in [0.25, 0.3) is 5.91 Å². The van der Waals surface area contributed by atoms with E-state index in [0.29, 0.717) is 18.4 Å². The fourth-order valence-electron chi connectivity index (χ4n) is 3.05. The minimum Gasteiger partial charge on any atom is -0.349 e. The average molecular weight is 337 g/mol. The first-order valence-corrected chi connectivity index (χ1v) is 7.91. The molecule has 0 aliphatic heterocycles. The van der Waals surface area contributed by atoms with Gasteiger partial charge in [0.15, 0.2) is 0 Å². The van der Waals surface area contributed by atoms with Crippen LogP contribution in [0.15, 0.2) is 42.7 Å². The van der Waals surface area contributed by atoms with Crippen molar-refractivity contribution in [3.63, 3.8) is 0 Å². The third-order valence-corrected chi connectivity index (χ3v) is 4.34.